The number of fused-ring (bicyclic) bond motifs is 1. The molecule has 0 saturated carbocycles. The Kier molecular flexibility index (Phi) is 5.37. The number of hydrogen-bond acceptors (Lipinski definition) is 4. The lowest BCUT2D eigenvalue weighted by atomic mass is 10.1. The van der Waals surface area contributed by atoms with Gasteiger partial charge in [-0.15, -0.1) is 0 Å². The van der Waals surface area contributed by atoms with E-state index in [1.54, 1.807) is 13.3 Å². The first kappa shape index (κ1) is 15.1. The Bertz CT molecular complexity index is 613. The molecule has 5 nitrogen and oxygen atoms in total. The Balaban J connectivity index is 1.95. The van der Waals surface area contributed by atoms with Crippen molar-refractivity contribution >= 4 is 22.5 Å². The molecular weight excluding hydrogens is 266 g/mol. The van der Waals surface area contributed by atoms with Crippen molar-refractivity contribution in [3.8, 4) is 5.75 Å². The van der Waals surface area contributed by atoms with Crippen molar-refractivity contribution in [3.05, 3.63) is 30.5 Å². The van der Waals surface area contributed by atoms with Gasteiger partial charge in [0.2, 0.25) is 5.91 Å². The van der Waals surface area contributed by atoms with E-state index in [1.807, 2.05) is 24.3 Å². The van der Waals surface area contributed by atoms with Crippen molar-refractivity contribution < 1.29 is 9.53 Å². The number of benzene rings is 1. The molecule has 5 heteroatoms. The summed E-state index contributed by atoms with van der Waals surface area (Å²) in [5.74, 6) is 0.803. The minimum Gasteiger partial charge on any atom is -0.494 e. The molecule has 112 valence electrons. The Morgan fingerprint density at radius 2 is 2.05 bits per heavy atom. The van der Waals surface area contributed by atoms with Gasteiger partial charge in [-0.05, 0) is 25.0 Å². The number of anilines is 1. The van der Waals surface area contributed by atoms with E-state index in [0.29, 0.717) is 0 Å². The Morgan fingerprint density at radius 1 is 1.24 bits per heavy atom. The van der Waals surface area contributed by atoms with Crippen molar-refractivity contribution in [2.45, 2.75) is 19.8 Å². The highest BCUT2D eigenvalue weighted by molar-refractivity contribution is 5.94. The zero-order chi connectivity index (χ0) is 15.1. The van der Waals surface area contributed by atoms with Crippen LogP contribution in [0.2, 0.25) is 0 Å². The molecule has 2 aromatic rings. The third-order valence-corrected chi connectivity index (χ3v) is 3.25. The van der Waals surface area contributed by atoms with Crippen LogP contribution in [0.4, 0.5) is 5.69 Å². The molecule has 1 aromatic carbocycles. The molecule has 1 aromatic heterocycles. The van der Waals surface area contributed by atoms with Gasteiger partial charge in [0.05, 0.1) is 7.11 Å². The first-order valence-electron chi connectivity index (χ1n) is 7.12. The molecule has 0 atom stereocenters. The molecular formula is C16H21N3O2. The summed E-state index contributed by atoms with van der Waals surface area (Å²) >= 11 is 0. The second-order valence-corrected chi connectivity index (χ2v) is 4.83. The van der Waals surface area contributed by atoms with Gasteiger partial charge in [0.25, 0.3) is 0 Å². The van der Waals surface area contributed by atoms with Crippen LogP contribution in [0.5, 0.6) is 5.75 Å². The number of carbonyl (C=O) groups excluding carboxylic acids is 1. The molecule has 0 spiro atoms. The second kappa shape index (κ2) is 7.47. The first-order chi connectivity index (χ1) is 10.2. The number of unbranched alkanes of at least 4 members (excludes halogenated alkanes) is 1. The normalized spacial score (nSPS) is 10.4. The lowest BCUT2D eigenvalue weighted by Crippen LogP contribution is -2.21. The van der Waals surface area contributed by atoms with Gasteiger partial charge in [-0.2, -0.15) is 0 Å². The second-order valence-electron chi connectivity index (χ2n) is 4.83. The Morgan fingerprint density at radius 3 is 2.81 bits per heavy atom. The van der Waals surface area contributed by atoms with Gasteiger partial charge in [0, 0.05) is 37.3 Å². The van der Waals surface area contributed by atoms with Crippen molar-refractivity contribution in [3.63, 3.8) is 0 Å². The number of hydrogen-bond donors (Lipinski definition) is 2. The van der Waals surface area contributed by atoms with Gasteiger partial charge in [0.1, 0.15) is 11.3 Å². The van der Waals surface area contributed by atoms with Crippen molar-refractivity contribution in [2.75, 3.05) is 25.5 Å². The summed E-state index contributed by atoms with van der Waals surface area (Å²) in [4.78, 5) is 15.1. The molecule has 21 heavy (non-hydrogen) atoms. The fourth-order valence-electron chi connectivity index (χ4n) is 2.21. The molecule has 0 aliphatic carbocycles. The lowest BCUT2D eigenvalue weighted by molar-refractivity contribution is -0.118. The number of ether oxygens (including phenoxy) is 1. The quantitative estimate of drug-likeness (QED) is 0.768. The van der Waals surface area contributed by atoms with Gasteiger partial charge in [-0.3, -0.25) is 9.78 Å². The summed E-state index contributed by atoms with van der Waals surface area (Å²) in [5, 5.41) is 7.27. The van der Waals surface area contributed by atoms with E-state index in [0.717, 1.165) is 48.3 Å². The van der Waals surface area contributed by atoms with Gasteiger partial charge in [-0.1, -0.05) is 12.1 Å². The number of aromatic nitrogens is 1. The van der Waals surface area contributed by atoms with Crippen LogP contribution in [0.3, 0.4) is 0 Å². The monoisotopic (exact) mass is 287 g/mol. The number of nitrogens with one attached hydrogen (secondary N) is 2. The van der Waals surface area contributed by atoms with Crippen LogP contribution < -0.4 is 15.4 Å². The number of carbonyl (C=O) groups is 1. The highest BCUT2D eigenvalue weighted by Crippen LogP contribution is 2.28. The summed E-state index contributed by atoms with van der Waals surface area (Å²) < 4.78 is 5.33. The zero-order valence-corrected chi connectivity index (χ0v) is 12.5. The van der Waals surface area contributed by atoms with E-state index in [-0.39, 0.29) is 5.91 Å². The molecule has 1 heterocycles. The average molecular weight is 287 g/mol. The number of pyridine rings is 1. The Hall–Kier alpha value is -2.30. The van der Waals surface area contributed by atoms with E-state index in [1.165, 1.54) is 6.92 Å². The molecule has 0 unspecified atom stereocenters. The smallest absolute Gasteiger partial charge is 0.216 e. The van der Waals surface area contributed by atoms with Crippen molar-refractivity contribution in [1.82, 2.24) is 10.3 Å². The number of nitrogens with zero attached hydrogens (tertiary/aromatic N) is 1. The lowest BCUT2D eigenvalue weighted by Gasteiger charge is -2.11. The van der Waals surface area contributed by atoms with Crippen LogP contribution in [0.25, 0.3) is 10.9 Å². The number of amides is 1. The number of para-hydroxylation sites is 1. The highest BCUT2D eigenvalue weighted by atomic mass is 16.5. The molecule has 2 N–H and O–H groups in total. The maximum Gasteiger partial charge on any atom is 0.216 e. The minimum atomic E-state index is 0.0233. The van der Waals surface area contributed by atoms with E-state index in [2.05, 4.69) is 15.6 Å². The number of rotatable bonds is 7. The molecule has 0 aliphatic rings. The summed E-state index contributed by atoms with van der Waals surface area (Å²) in [6.07, 6.45) is 3.73. The number of methoxy groups -OCH3 is 1. The molecule has 0 bridgehead atoms. The van der Waals surface area contributed by atoms with Crippen molar-refractivity contribution in [1.29, 1.82) is 0 Å². The maximum atomic E-state index is 10.8. The van der Waals surface area contributed by atoms with Gasteiger partial charge in [0.15, 0.2) is 0 Å². The Labute approximate surface area is 124 Å². The summed E-state index contributed by atoms with van der Waals surface area (Å²) in [5.41, 5.74) is 1.92. The van der Waals surface area contributed by atoms with E-state index < -0.39 is 0 Å². The van der Waals surface area contributed by atoms with Crippen LogP contribution in [0.15, 0.2) is 30.5 Å². The summed E-state index contributed by atoms with van der Waals surface area (Å²) in [6.45, 7) is 3.12. The van der Waals surface area contributed by atoms with Gasteiger partial charge in [-0.25, -0.2) is 0 Å². The fourth-order valence-corrected chi connectivity index (χ4v) is 2.21. The standard InChI is InChI=1S/C16H21N3O2/c1-12(20)17-9-3-4-10-18-14-8-11-19-16-13(14)6-5-7-15(16)21-2/h5-8,11H,3-4,9-10H2,1-2H3,(H,17,20)(H,18,19). The van der Waals surface area contributed by atoms with E-state index >= 15 is 0 Å². The van der Waals surface area contributed by atoms with Crippen LogP contribution in [0, 0.1) is 0 Å². The van der Waals surface area contributed by atoms with Crippen LogP contribution >= 0.6 is 0 Å². The fraction of sp³-hybridized carbons (Fsp3) is 0.375. The zero-order valence-electron chi connectivity index (χ0n) is 12.5. The van der Waals surface area contributed by atoms with Crippen LogP contribution in [-0.4, -0.2) is 31.1 Å². The topological polar surface area (TPSA) is 63.2 Å². The van der Waals surface area contributed by atoms with E-state index in [4.69, 9.17) is 4.74 Å². The largest absolute Gasteiger partial charge is 0.494 e. The third kappa shape index (κ3) is 4.08. The SMILES string of the molecule is COc1cccc2c(NCCCCNC(C)=O)ccnc12. The van der Waals surface area contributed by atoms with Gasteiger partial charge < -0.3 is 15.4 Å². The predicted octanol–water partition coefficient (Wildman–Crippen LogP) is 2.57. The molecule has 0 aliphatic heterocycles. The summed E-state index contributed by atoms with van der Waals surface area (Å²) in [6, 6.07) is 7.87. The van der Waals surface area contributed by atoms with Crippen LogP contribution in [-0.2, 0) is 4.79 Å². The highest BCUT2D eigenvalue weighted by Gasteiger charge is 2.05. The molecule has 0 radical (unpaired) electrons. The molecule has 0 saturated heterocycles. The first-order valence-corrected chi connectivity index (χ1v) is 7.12. The maximum absolute atomic E-state index is 10.8. The van der Waals surface area contributed by atoms with Crippen LogP contribution in [0.1, 0.15) is 19.8 Å². The molecule has 1 amide bonds. The average Bonchev–Trinajstić information content (AvgIpc) is 2.50. The predicted molar refractivity (Wildman–Crippen MR) is 84.7 cm³/mol. The van der Waals surface area contributed by atoms with E-state index in [9.17, 15) is 4.79 Å². The molecule has 0 fully saturated rings. The minimum absolute atomic E-state index is 0.0233. The summed E-state index contributed by atoms with van der Waals surface area (Å²) in [7, 11) is 1.65. The third-order valence-electron chi connectivity index (χ3n) is 3.25. The van der Waals surface area contributed by atoms with Gasteiger partial charge >= 0.3 is 0 Å². The molecule has 2 rings (SSSR count). The van der Waals surface area contributed by atoms with Crippen molar-refractivity contribution in [2.24, 2.45) is 0 Å².